The lowest BCUT2D eigenvalue weighted by atomic mass is 9.75. The van der Waals surface area contributed by atoms with Crippen LogP contribution in [0.4, 0.5) is 0 Å². The number of piperidine rings is 1. The number of nitrogens with one attached hydrogen (secondary N) is 1. The molecule has 0 saturated carbocycles. The van der Waals surface area contributed by atoms with Gasteiger partial charge < -0.3 is 9.74 Å². The monoisotopic (exact) mass is 283 g/mol. The molecule has 19 heavy (non-hydrogen) atoms. The molecule has 1 heterocycles. The molecule has 0 aliphatic carbocycles. The molecule has 0 aromatic carbocycles. The predicted octanol–water partition coefficient (Wildman–Crippen LogP) is 4.34. The molecule has 0 bridgehead atoms. The summed E-state index contributed by atoms with van der Waals surface area (Å²) in [7, 11) is -1.59. The highest BCUT2D eigenvalue weighted by Gasteiger charge is 2.38. The summed E-state index contributed by atoms with van der Waals surface area (Å²) in [5, 5.41) is 3.86. The fraction of sp³-hybridized carbons (Fsp3) is 0.875. The summed E-state index contributed by atoms with van der Waals surface area (Å²) < 4.78 is 6.34. The Balaban J connectivity index is 2.51. The van der Waals surface area contributed by atoms with Gasteiger partial charge in [-0.05, 0) is 55.8 Å². The highest BCUT2D eigenvalue weighted by molar-refractivity contribution is 6.74. The molecule has 1 aliphatic rings. The van der Waals surface area contributed by atoms with Crippen molar-refractivity contribution in [1.29, 1.82) is 0 Å². The Kier molecular flexibility index (Phi) is 5.84. The Labute approximate surface area is 121 Å². The van der Waals surface area contributed by atoms with Crippen LogP contribution in [0, 0.1) is 5.41 Å². The second-order valence-corrected chi connectivity index (χ2v) is 12.4. The van der Waals surface area contributed by atoms with Gasteiger partial charge in [0.15, 0.2) is 8.32 Å². The molecule has 3 heteroatoms. The number of hydrogen-bond acceptors (Lipinski definition) is 2. The average Bonchev–Trinajstić information content (AvgIpc) is 2.28. The van der Waals surface area contributed by atoms with E-state index in [9.17, 15) is 0 Å². The standard InChI is InChI=1S/C16H33NOSi/c1-7-9-16(10-8-12-17-14-16)11-13-18-19(5,6)15(2,3)4/h7,17H,1,8-14H2,2-6H3/t16-/m1/s1. The predicted molar refractivity (Wildman–Crippen MR) is 87.1 cm³/mol. The molecule has 1 fully saturated rings. The van der Waals surface area contributed by atoms with Crippen LogP contribution < -0.4 is 5.32 Å². The zero-order valence-corrected chi connectivity index (χ0v) is 14.6. The van der Waals surface area contributed by atoms with Crippen LogP contribution in [0.25, 0.3) is 0 Å². The lowest BCUT2D eigenvalue weighted by Crippen LogP contribution is -2.44. The molecular formula is C16H33NOSi. The largest absolute Gasteiger partial charge is 0.417 e. The molecule has 0 spiro atoms. The first kappa shape index (κ1) is 16.9. The van der Waals surface area contributed by atoms with Gasteiger partial charge >= 0.3 is 0 Å². The van der Waals surface area contributed by atoms with E-state index in [4.69, 9.17) is 4.43 Å². The first-order valence-electron chi connectivity index (χ1n) is 7.68. The maximum atomic E-state index is 6.34. The summed E-state index contributed by atoms with van der Waals surface area (Å²) in [6.45, 7) is 18.7. The van der Waals surface area contributed by atoms with Crippen LogP contribution in [-0.4, -0.2) is 28.0 Å². The van der Waals surface area contributed by atoms with Crippen molar-refractivity contribution in [3.8, 4) is 0 Å². The Morgan fingerprint density at radius 2 is 2.05 bits per heavy atom. The van der Waals surface area contributed by atoms with Gasteiger partial charge in [0.2, 0.25) is 0 Å². The summed E-state index contributed by atoms with van der Waals surface area (Å²) in [6, 6.07) is 0. The molecule has 0 amide bonds. The quantitative estimate of drug-likeness (QED) is 0.578. The van der Waals surface area contributed by atoms with E-state index >= 15 is 0 Å². The fourth-order valence-corrected chi connectivity index (χ4v) is 3.61. The third-order valence-electron chi connectivity index (χ3n) is 5.04. The van der Waals surface area contributed by atoms with Crippen molar-refractivity contribution in [3.05, 3.63) is 12.7 Å². The van der Waals surface area contributed by atoms with Crippen molar-refractivity contribution >= 4 is 8.32 Å². The van der Waals surface area contributed by atoms with Gasteiger partial charge in [-0.25, -0.2) is 0 Å². The smallest absolute Gasteiger partial charge is 0.191 e. The van der Waals surface area contributed by atoms with Gasteiger partial charge in [-0.2, -0.15) is 0 Å². The summed E-state index contributed by atoms with van der Waals surface area (Å²) in [4.78, 5) is 0. The number of rotatable bonds is 6. The third kappa shape index (κ3) is 4.73. The second kappa shape index (κ2) is 6.55. The van der Waals surface area contributed by atoms with Crippen molar-refractivity contribution in [1.82, 2.24) is 5.32 Å². The highest BCUT2D eigenvalue weighted by atomic mass is 28.4. The van der Waals surface area contributed by atoms with E-state index in [2.05, 4.69) is 51.8 Å². The Hall–Kier alpha value is -0.123. The zero-order chi connectivity index (χ0) is 14.6. The lowest BCUT2D eigenvalue weighted by Gasteiger charge is -2.40. The topological polar surface area (TPSA) is 21.3 Å². The van der Waals surface area contributed by atoms with Crippen molar-refractivity contribution < 1.29 is 4.43 Å². The summed E-state index contributed by atoms with van der Waals surface area (Å²) >= 11 is 0. The molecule has 1 atom stereocenters. The van der Waals surface area contributed by atoms with Crippen LogP contribution in [0.1, 0.15) is 46.5 Å². The molecule has 0 aromatic heterocycles. The van der Waals surface area contributed by atoms with Gasteiger partial charge in [0.25, 0.3) is 0 Å². The van der Waals surface area contributed by atoms with E-state index in [0.29, 0.717) is 10.5 Å². The van der Waals surface area contributed by atoms with E-state index in [-0.39, 0.29) is 0 Å². The van der Waals surface area contributed by atoms with Gasteiger partial charge in [-0.15, -0.1) is 6.58 Å². The summed E-state index contributed by atoms with van der Waals surface area (Å²) in [6.07, 6.45) is 6.96. The highest BCUT2D eigenvalue weighted by Crippen LogP contribution is 2.38. The van der Waals surface area contributed by atoms with E-state index in [0.717, 1.165) is 19.6 Å². The molecule has 1 rings (SSSR count). The SMILES string of the molecule is C=CC[C@]1(CCO[Si](C)(C)C(C)(C)C)CCCNC1. The van der Waals surface area contributed by atoms with Gasteiger partial charge in [-0.3, -0.25) is 0 Å². The van der Waals surface area contributed by atoms with E-state index < -0.39 is 8.32 Å². The van der Waals surface area contributed by atoms with E-state index in [1.807, 2.05) is 0 Å². The molecule has 1 N–H and O–H groups in total. The molecular weight excluding hydrogens is 250 g/mol. The maximum absolute atomic E-state index is 6.34. The number of allylic oxidation sites excluding steroid dienone is 1. The normalized spacial score (nSPS) is 25.3. The van der Waals surface area contributed by atoms with Gasteiger partial charge in [-0.1, -0.05) is 26.8 Å². The number of hydrogen-bond donors (Lipinski definition) is 1. The van der Waals surface area contributed by atoms with E-state index in [1.165, 1.54) is 25.8 Å². The first-order chi connectivity index (χ1) is 8.72. The minimum absolute atomic E-state index is 0.309. The van der Waals surface area contributed by atoms with Crippen molar-refractivity contribution in [2.24, 2.45) is 5.41 Å². The van der Waals surface area contributed by atoms with Gasteiger partial charge in [0, 0.05) is 13.2 Å². The summed E-state index contributed by atoms with van der Waals surface area (Å²) in [5.74, 6) is 0. The molecule has 2 nitrogen and oxygen atoms in total. The molecule has 0 aromatic rings. The molecule has 0 unspecified atom stereocenters. The van der Waals surface area contributed by atoms with Crippen LogP contribution in [0.3, 0.4) is 0 Å². The zero-order valence-electron chi connectivity index (χ0n) is 13.6. The maximum Gasteiger partial charge on any atom is 0.191 e. The third-order valence-corrected chi connectivity index (χ3v) is 9.58. The minimum Gasteiger partial charge on any atom is -0.417 e. The van der Waals surface area contributed by atoms with E-state index in [1.54, 1.807) is 0 Å². The Bertz CT molecular complexity index is 288. The molecule has 112 valence electrons. The Morgan fingerprint density at radius 1 is 1.37 bits per heavy atom. The van der Waals surface area contributed by atoms with Gasteiger partial charge in [0.05, 0.1) is 0 Å². The summed E-state index contributed by atoms with van der Waals surface area (Å²) in [5.41, 5.74) is 0.391. The first-order valence-corrected chi connectivity index (χ1v) is 10.6. The second-order valence-electron chi connectivity index (χ2n) is 7.63. The van der Waals surface area contributed by atoms with Crippen molar-refractivity contribution in [3.63, 3.8) is 0 Å². The average molecular weight is 284 g/mol. The van der Waals surface area contributed by atoms with Crippen LogP contribution >= 0.6 is 0 Å². The van der Waals surface area contributed by atoms with Crippen LogP contribution in [-0.2, 0) is 4.43 Å². The van der Waals surface area contributed by atoms with Crippen molar-refractivity contribution in [2.45, 2.75) is 64.6 Å². The molecule has 1 aliphatic heterocycles. The van der Waals surface area contributed by atoms with Crippen LogP contribution in [0.2, 0.25) is 18.1 Å². The van der Waals surface area contributed by atoms with Crippen LogP contribution in [0.15, 0.2) is 12.7 Å². The molecule has 1 saturated heterocycles. The van der Waals surface area contributed by atoms with Crippen LogP contribution in [0.5, 0.6) is 0 Å². The lowest BCUT2D eigenvalue weighted by molar-refractivity contribution is 0.147. The van der Waals surface area contributed by atoms with Gasteiger partial charge in [0.1, 0.15) is 0 Å². The fourth-order valence-electron chi connectivity index (χ4n) is 2.57. The minimum atomic E-state index is -1.59. The molecule has 0 radical (unpaired) electrons. The Morgan fingerprint density at radius 3 is 2.53 bits per heavy atom. The van der Waals surface area contributed by atoms with Crippen molar-refractivity contribution in [2.75, 3.05) is 19.7 Å².